The van der Waals surface area contributed by atoms with Gasteiger partial charge in [0.15, 0.2) is 0 Å². The van der Waals surface area contributed by atoms with Gasteiger partial charge in [-0.1, -0.05) is 13.0 Å². The number of piperazine rings is 1. The molecule has 6 heteroatoms. The molecule has 2 aliphatic heterocycles. The van der Waals surface area contributed by atoms with Crippen LogP contribution >= 0.6 is 0 Å². The van der Waals surface area contributed by atoms with Gasteiger partial charge < -0.3 is 15.0 Å². The van der Waals surface area contributed by atoms with Gasteiger partial charge >= 0.3 is 0 Å². The number of amidine groups is 1. The predicted molar refractivity (Wildman–Crippen MR) is 115 cm³/mol. The smallest absolute Gasteiger partial charge is 0.138 e. The summed E-state index contributed by atoms with van der Waals surface area (Å²) in [6.45, 7) is 13.9. The van der Waals surface area contributed by atoms with Gasteiger partial charge in [-0.25, -0.2) is 4.99 Å². The van der Waals surface area contributed by atoms with E-state index in [4.69, 9.17) is 9.73 Å². The van der Waals surface area contributed by atoms with Gasteiger partial charge in [0.1, 0.15) is 11.6 Å². The Morgan fingerprint density at radius 3 is 2.79 bits per heavy atom. The zero-order valence-electron chi connectivity index (χ0n) is 17.6. The Labute approximate surface area is 169 Å². The maximum Gasteiger partial charge on any atom is 0.138 e. The number of rotatable bonds is 7. The molecule has 3 rings (SSSR count). The van der Waals surface area contributed by atoms with Crippen molar-refractivity contribution >= 4 is 11.5 Å². The molecule has 0 amide bonds. The number of hydrogen-bond acceptors (Lipinski definition) is 6. The molecule has 0 aromatic carbocycles. The summed E-state index contributed by atoms with van der Waals surface area (Å²) in [7, 11) is 0. The van der Waals surface area contributed by atoms with Gasteiger partial charge in [-0.15, -0.1) is 0 Å². The summed E-state index contributed by atoms with van der Waals surface area (Å²) in [6.07, 6.45) is 7.05. The van der Waals surface area contributed by atoms with Crippen LogP contribution in [0.3, 0.4) is 0 Å². The van der Waals surface area contributed by atoms with E-state index in [9.17, 15) is 0 Å². The Hall–Kier alpha value is -2.18. The van der Waals surface area contributed by atoms with Crippen LogP contribution in [-0.4, -0.2) is 59.4 Å². The lowest BCUT2D eigenvalue weighted by Crippen LogP contribution is -2.53. The minimum absolute atomic E-state index is 0.218. The van der Waals surface area contributed by atoms with Crippen LogP contribution in [0.25, 0.3) is 0 Å². The van der Waals surface area contributed by atoms with Crippen molar-refractivity contribution in [2.24, 2.45) is 4.99 Å². The largest absolute Gasteiger partial charge is 0.492 e. The van der Waals surface area contributed by atoms with Gasteiger partial charge in [-0.2, -0.15) is 0 Å². The number of hydrogen-bond donors (Lipinski definition) is 1. The average Bonchev–Trinajstić information content (AvgIpc) is 2.74. The number of nitrogens with one attached hydrogen (secondary N) is 1. The molecular formula is C22H33N5O. The van der Waals surface area contributed by atoms with E-state index in [2.05, 4.69) is 59.1 Å². The van der Waals surface area contributed by atoms with Crippen molar-refractivity contribution in [2.45, 2.75) is 46.7 Å². The summed E-state index contributed by atoms with van der Waals surface area (Å²) < 4.78 is 6.00. The third-order valence-electron chi connectivity index (χ3n) is 5.26. The van der Waals surface area contributed by atoms with Crippen LogP contribution in [0.5, 0.6) is 0 Å². The second-order valence-electron chi connectivity index (χ2n) is 7.07. The third-order valence-corrected chi connectivity index (χ3v) is 5.26. The Morgan fingerprint density at radius 2 is 2.11 bits per heavy atom. The van der Waals surface area contributed by atoms with E-state index in [0.29, 0.717) is 13.2 Å². The van der Waals surface area contributed by atoms with Gasteiger partial charge in [0.05, 0.1) is 36.3 Å². The monoisotopic (exact) mass is 383 g/mol. The fourth-order valence-electron chi connectivity index (χ4n) is 3.84. The van der Waals surface area contributed by atoms with Crippen LogP contribution in [0.4, 0.5) is 5.69 Å². The summed E-state index contributed by atoms with van der Waals surface area (Å²) >= 11 is 0. The van der Waals surface area contributed by atoms with Gasteiger partial charge in [0.2, 0.25) is 0 Å². The highest BCUT2D eigenvalue weighted by Gasteiger charge is 2.32. The van der Waals surface area contributed by atoms with Gasteiger partial charge in [0.25, 0.3) is 0 Å². The van der Waals surface area contributed by atoms with Crippen LogP contribution in [0.15, 0.2) is 46.9 Å². The first-order valence-electron chi connectivity index (χ1n) is 10.4. The predicted octanol–water partition coefficient (Wildman–Crippen LogP) is 3.46. The number of pyridine rings is 1. The minimum Gasteiger partial charge on any atom is -0.492 e. The summed E-state index contributed by atoms with van der Waals surface area (Å²) in [5.41, 5.74) is 3.05. The highest BCUT2D eigenvalue weighted by atomic mass is 16.5. The summed E-state index contributed by atoms with van der Waals surface area (Å²) in [5, 5.41) is 3.44. The van der Waals surface area contributed by atoms with E-state index in [0.717, 1.165) is 61.3 Å². The molecule has 3 heterocycles. The number of nitrogens with zero attached hydrogens (tertiary/aromatic N) is 4. The lowest BCUT2D eigenvalue weighted by Gasteiger charge is -2.40. The first-order chi connectivity index (χ1) is 13.7. The van der Waals surface area contributed by atoms with E-state index < -0.39 is 0 Å². The van der Waals surface area contributed by atoms with Crippen molar-refractivity contribution in [1.82, 2.24) is 20.1 Å². The molecule has 0 bridgehead atoms. The van der Waals surface area contributed by atoms with Gasteiger partial charge in [-0.05, 0) is 45.4 Å². The highest BCUT2D eigenvalue weighted by Crippen LogP contribution is 2.31. The molecule has 6 nitrogen and oxygen atoms in total. The Kier molecular flexibility index (Phi) is 7.23. The molecular weight excluding hydrogens is 350 g/mol. The molecule has 1 fully saturated rings. The second-order valence-corrected chi connectivity index (χ2v) is 7.07. The van der Waals surface area contributed by atoms with Crippen LogP contribution in [0, 0.1) is 0 Å². The summed E-state index contributed by atoms with van der Waals surface area (Å²) in [4.78, 5) is 14.4. The highest BCUT2D eigenvalue weighted by molar-refractivity contribution is 5.92. The molecule has 0 saturated carbocycles. The Balaban J connectivity index is 2.00. The molecule has 0 radical (unpaired) electrons. The third kappa shape index (κ3) is 4.45. The molecule has 1 saturated heterocycles. The van der Waals surface area contributed by atoms with E-state index in [-0.39, 0.29) is 6.04 Å². The van der Waals surface area contributed by atoms with Crippen molar-refractivity contribution < 1.29 is 4.74 Å². The fourth-order valence-corrected chi connectivity index (χ4v) is 3.84. The molecule has 1 aromatic heterocycles. The normalized spacial score (nSPS) is 19.9. The van der Waals surface area contributed by atoms with Crippen molar-refractivity contribution in [3.05, 3.63) is 47.6 Å². The number of fused-ring (bicyclic) bond motifs is 1. The number of aromatic nitrogens is 1. The van der Waals surface area contributed by atoms with Crippen molar-refractivity contribution in [3.63, 3.8) is 0 Å². The van der Waals surface area contributed by atoms with E-state index in [1.165, 1.54) is 0 Å². The maximum absolute atomic E-state index is 6.00. The summed E-state index contributed by atoms with van der Waals surface area (Å²) in [5.74, 6) is 1.99. The molecule has 152 valence electrons. The zero-order chi connectivity index (χ0) is 19.9. The van der Waals surface area contributed by atoms with E-state index in [1.807, 2.05) is 19.2 Å². The quantitative estimate of drug-likeness (QED) is 0.577. The molecule has 1 atom stereocenters. The summed E-state index contributed by atoms with van der Waals surface area (Å²) in [6, 6.07) is 4.24. The lowest BCUT2D eigenvalue weighted by molar-refractivity contribution is 0.203. The van der Waals surface area contributed by atoms with Crippen LogP contribution in [0.2, 0.25) is 0 Å². The average molecular weight is 384 g/mol. The SMILES string of the molecule is C/C=C(\C(=C/CC)OCC)N1Cc2ncccc2N=C1C(C)N1CCNCC1. The maximum atomic E-state index is 6.00. The first kappa shape index (κ1) is 20.6. The molecule has 1 aromatic rings. The number of ether oxygens (including phenoxy) is 1. The lowest BCUT2D eigenvalue weighted by atomic mass is 10.1. The van der Waals surface area contributed by atoms with Crippen molar-refractivity contribution in [3.8, 4) is 0 Å². The zero-order valence-corrected chi connectivity index (χ0v) is 17.6. The van der Waals surface area contributed by atoms with Gasteiger partial charge in [-0.3, -0.25) is 9.88 Å². The molecule has 0 aliphatic carbocycles. The molecule has 1 N–H and O–H groups in total. The van der Waals surface area contributed by atoms with Crippen LogP contribution in [-0.2, 0) is 11.3 Å². The van der Waals surface area contributed by atoms with Crippen molar-refractivity contribution in [1.29, 1.82) is 0 Å². The van der Waals surface area contributed by atoms with E-state index in [1.54, 1.807) is 0 Å². The minimum atomic E-state index is 0.218. The van der Waals surface area contributed by atoms with Crippen molar-refractivity contribution in [2.75, 3.05) is 32.8 Å². The Bertz CT molecular complexity index is 749. The molecule has 2 aliphatic rings. The number of allylic oxidation sites excluding steroid dienone is 2. The van der Waals surface area contributed by atoms with Crippen LogP contribution in [0.1, 0.15) is 39.8 Å². The molecule has 0 spiro atoms. The van der Waals surface area contributed by atoms with Gasteiger partial charge in [0, 0.05) is 32.4 Å². The van der Waals surface area contributed by atoms with Crippen LogP contribution < -0.4 is 5.32 Å². The Morgan fingerprint density at radius 1 is 1.32 bits per heavy atom. The molecule has 1 unspecified atom stereocenters. The topological polar surface area (TPSA) is 53.0 Å². The first-order valence-corrected chi connectivity index (χ1v) is 10.4. The number of aliphatic imine (C=N–C) groups is 1. The van der Waals surface area contributed by atoms with E-state index >= 15 is 0 Å². The standard InChI is InChI=1S/C22H33N5O/c1-5-9-21(28-7-3)20(6-2)27-16-19-18(10-8-11-24-19)25-22(27)17(4)26-14-12-23-13-15-26/h6,8-11,17,23H,5,7,12-16H2,1-4H3/b20-6+,21-9+. The molecule has 28 heavy (non-hydrogen) atoms. The fraction of sp³-hybridized carbons (Fsp3) is 0.545. The second kappa shape index (κ2) is 9.85.